The summed E-state index contributed by atoms with van der Waals surface area (Å²) in [6.45, 7) is 5.68. The molecule has 1 aliphatic carbocycles. The summed E-state index contributed by atoms with van der Waals surface area (Å²) in [5.74, 6) is -1.91. The predicted molar refractivity (Wildman–Crippen MR) is 192 cm³/mol. The van der Waals surface area contributed by atoms with E-state index in [1.165, 1.54) is 38.7 Å². The Kier molecular flexibility index (Phi) is 9.56. The molecular weight excluding hydrogens is 684 g/mol. The summed E-state index contributed by atoms with van der Waals surface area (Å²) in [5, 5.41) is 17.6. The van der Waals surface area contributed by atoms with E-state index in [9.17, 15) is 28.3 Å². The minimum absolute atomic E-state index is 0.0289. The van der Waals surface area contributed by atoms with Crippen molar-refractivity contribution in [2.24, 2.45) is 0 Å². The third kappa shape index (κ3) is 7.68. The summed E-state index contributed by atoms with van der Waals surface area (Å²) in [7, 11) is 0. The van der Waals surface area contributed by atoms with E-state index >= 15 is 0 Å². The van der Waals surface area contributed by atoms with Crippen LogP contribution in [-0.2, 0) is 11.3 Å². The number of aromatic nitrogens is 3. The molecule has 5 aromatic rings. The Morgan fingerprint density at radius 3 is 2.43 bits per heavy atom. The zero-order valence-corrected chi connectivity index (χ0v) is 29.4. The fourth-order valence-corrected chi connectivity index (χ4v) is 6.84. The first kappa shape index (κ1) is 35.5. The van der Waals surface area contributed by atoms with Crippen LogP contribution in [0.4, 0.5) is 25.1 Å². The molecule has 12 nitrogen and oxygen atoms in total. The second-order valence-corrected chi connectivity index (χ2v) is 14.3. The molecule has 1 unspecified atom stereocenters. The number of aliphatic hydroxyl groups is 1. The minimum Gasteiger partial charge on any atom is -0.444 e. The molecule has 14 heteroatoms. The molecule has 1 fully saturated rings. The Hall–Kier alpha value is -5.89. The van der Waals surface area contributed by atoms with Crippen molar-refractivity contribution in [3.63, 3.8) is 0 Å². The number of ether oxygens (including phenoxy) is 1. The van der Waals surface area contributed by atoms with Crippen molar-refractivity contribution < 1.29 is 33.0 Å². The molecule has 53 heavy (non-hydrogen) atoms. The van der Waals surface area contributed by atoms with Crippen LogP contribution in [0.15, 0.2) is 85.3 Å². The predicted octanol–water partition coefficient (Wildman–Crippen LogP) is 6.31. The Bertz CT molecular complexity index is 2180. The van der Waals surface area contributed by atoms with E-state index in [2.05, 4.69) is 20.6 Å². The minimum atomic E-state index is -1.45. The molecule has 2 aromatic carbocycles. The number of hydrogen-bond acceptors (Lipinski definition) is 8. The summed E-state index contributed by atoms with van der Waals surface area (Å²) >= 11 is 0. The molecule has 1 atom stereocenters. The molecule has 3 amide bonds. The molecule has 274 valence electrons. The van der Waals surface area contributed by atoms with Crippen molar-refractivity contribution in [1.82, 2.24) is 29.9 Å². The van der Waals surface area contributed by atoms with E-state index in [1.807, 2.05) is 42.5 Å². The van der Waals surface area contributed by atoms with Gasteiger partial charge in [-0.1, -0.05) is 36.4 Å². The highest BCUT2D eigenvalue weighted by atomic mass is 19.1. The van der Waals surface area contributed by atoms with E-state index in [0.29, 0.717) is 37.0 Å². The van der Waals surface area contributed by atoms with Crippen LogP contribution < -0.4 is 15.5 Å². The molecule has 0 saturated heterocycles. The van der Waals surface area contributed by atoms with Crippen molar-refractivity contribution in [2.75, 3.05) is 4.90 Å². The summed E-state index contributed by atoms with van der Waals surface area (Å²) < 4.78 is 34.9. The Morgan fingerprint density at radius 1 is 0.943 bits per heavy atom. The Balaban J connectivity index is 1.06. The van der Waals surface area contributed by atoms with Crippen molar-refractivity contribution in [2.45, 2.75) is 77.0 Å². The first-order chi connectivity index (χ1) is 25.3. The zero-order chi connectivity index (χ0) is 37.4. The number of alkyl carbamates (subject to hydrolysis) is 1. The van der Waals surface area contributed by atoms with Crippen LogP contribution in [0.1, 0.15) is 72.9 Å². The number of fused-ring (bicyclic) bond motifs is 2. The number of imidazole rings is 1. The molecule has 0 radical (unpaired) electrons. The highest BCUT2D eigenvalue weighted by Gasteiger charge is 2.43. The smallest absolute Gasteiger partial charge is 0.407 e. The van der Waals surface area contributed by atoms with Gasteiger partial charge in [0.25, 0.3) is 11.8 Å². The lowest BCUT2D eigenvalue weighted by Gasteiger charge is -2.46. The van der Waals surface area contributed by atoms with Gasteiger partial charge in [-0.3, -0.25) is 19.4 Å². The average Bonchev–Trinajstić information content (AvgIpc) is 3.55. The number of halogens is 2. The third-order valence-corrected chi connectivity index (χ3v) is 9.33. The lowest BCUT2D eigenvalue weighted by atomic mass is 9.89. The lowest BCUT2D eigenvalue weighted by molar-refractivity contribution is -0.0217. The van der Waals surface area contributed by atoms with Gasteiger partial charge >= 0.3 is 6.09 Å². The summed E-state index contributed by atoms with van der Waals surface area (Å²) in [5.41, 5.74) is 3.14. The van der Waals surface area contributed by atoms with Crippen molar-refractivity contribution >= 4 is 35.1 Å². The Labute approximate surface area is 304 Å². The quantitative estimate of drug-likeness (QED) is 0.178. The van der Waals surface area contributed by atoms with Crippen LogP contribution in [0.3, 0.4) is 0 Å². The molecule has 2 aliphatic rings. The van der Waals surface area contributed by atoms with Crippen molar-refractivity contribution in [1.29, 1.82) is 0 Å². The summed E-state index contributed by atoms with van der Waals surface area (Å²) in [6, 6.07) is 18.3. The number of amides is 3. The number of anilines is 2. The molecule has 0 spiro atoms. The number of pyridine rings is 2. The standard InChI is InChI=1S/C39H39F2N7O5/c1-39(2,3)53-37(51)43-19-23-7-9-24(10-8-23)25-5-4-6-30(17-25)47-34-31(18-27(41)20-42-34)36(50)48(38(47)52)29-14-12-28(13-15-29)44-35(49)32-22-46-21-26(40)11-16-33(46)45-32/h4-11,16-18,20-22,28-29,38,52H,12-15,19H2,1-3H3,(H,43,51)(H,44,49). The molecule has 0 bridgehead atoms. The van der Waals surface area contributed by atoms with Gasteiger partial charge in [0.1, 0.15) is 34.4 Å². The van der Waals surface area contributed by atoms with Gasteiger partial charge in [-0.2, -0.15) is 0 Å². The third-order valence-electron chi connectivity index (χ3n) is 9.33. The maximum Gasteiger partial charge on any atom is 0.407 e. The maximum absolute atomic E-state index is 14.5. The highest BCUT2D eigenvalue weighted by Crippen LogP contribution is 2.39. The summed E-state index contributed by atoms with van der Waals surface area (Å²) in [6.07, 6.45) is 3.74. The molecule has 3 N–H and O–H groups in total. The van der Waals surface area contributed by atoms with Gasteiger partial charge in [-0.15, -0.1) is 0 Å². The number of hydrogen-bond donors (Lipinski definition) is 3. The van der Waals surface area contributed by atoms with Gasteiger partial charge < -0.3 is 24.9 Å². The average molecular weight is 724 g/mol. The van der Waals surface area contributed by atoms with Crippen LogP contribution in [0.25, 0.3) is 16.8 Å². The number of carbonyl (C=O) groups is 3. The number of aliphatic hydroxyl groups excluding tert-OH is 1. The van der Waals surface area contributed by atoms with Crippen LogP contribution in [0.2, 0.25) is 0 Å². The van der Waals surface area contributed by atoms with Crippen LogP contribution in [0, 0.1) is 11.6 Å². The van der Waals surface area contributed by atoms with E-state index < -0.39 is 41.6 Å². The van der Waals surface area contributed by atoms with Gasteiger partial charge in [0.15, 0.2) is 0 Å². The van der Waals surface area contributed by atoms with E-state index in [1.54, 1.807) is 26.8 Å². The maximum atomic E-state index is 14.5. The highest BCUT2D eigenvalue weighted by molar-refractivity contribution is 6.02. The summed E-state index contributed by atoms with van der Waals surface area (Å²) in [4.78, 5) is 50.4. The SMILES string of the molecule is CC(C)(C)OC(=O)NCc1ccc(-c2cccc(N3c4ncc(F)cc4C(=O)N(C4CCC(NC(=O)c5cn6cc(F)ccc6n5)CC4)C3O)c2)cc1. The van der Waals surface area contributed by atoms with E-state index in [0.717, 1.165) is 29.0 Å². The van der Waals surface area contributed by atoms with Crippen LogP contribution in [-0.4, -0.2) is 66.3 Å². The first-order valence-corrected chi connectivity index (χ1v) is 17.4. The number of nitrogens with one attached hydrogen (secondary N) is 2. The number of benzene rings is 2. The molecule has 4 heterocycles. The lowest BCUT2D eigenvalue weighted by Crippen LogP contribution is -2.59. The van der Waals surface area contributed by atoms with Crippen LogP contribution in [0.5, 0.6) is 0 Å². The van der Waals surface area contributed by atoms with Gasteiger partial charge in [0.2, 0.25) is 6.35 Å². The van der Waals surface area contributed by atoms with Gasteiger partial charge in [-0.05, 0) is 93.5 Å². The fraction of sp³-hybridized carbons (Fsp3) is 0.308. The van der Waals surface area contributed by atoms with Crippen molar-refractivity contribution in [3.8, 4) is 11.1 Å². The second-order valence-electron chi connectivity index (χ2n) is 14.3. The number of carbonyl (C=O) groups excluding carboxylic acids is 3. The topological polar surface area (TPSA) is 141 Å². The van der Waals surface area contributed by atoms with Gasteiger partial charge in [-0.25, -0.2) is 23.5 Å². The van der Waals surface area contributed by atoms with E-state index in [-0.39, 0.29) is 35.6 Å². The molecule has 1 saturated carbocycles. The number of rotatable bonds is 7. The first-order valence-electron chi connectivity index (χ1n) is 17.4. The largest absolute Gasteiger partial charge is 0.444 e. The van der Waals surface area contributed by atoms with Crippen LogP contribution >= 0.6 is 0 Å². The molecule has 1 aliphatic heterocycles. The molecule has 7 rings (SSSR count). The molecular formula is C39H39F2N7O5. The zero-order valence-electron chi connectivity index (χ0n) is 29.4. The number of nitrogens with zero attached hydrogens (tertiary/aromatic N) is 5. The monoisotopic (exact) mass is 723 g/mol. The van der Waals surface area contributed by atoms with Crippen molar-refractivity contribution in [3.05, 3.63) is 114 Å². The molecule has 3 aromatic heterocycles. The Morgan fingerprint density at radius 2 is 1.70 bits per heavy atom. The van der Waals surface area contributed by atoms with E-state index in [4.69, 9.17) is 4.74 Å². The fourth-order valence-electron chi connectivity index (χ4n) is 6.84. The normalized spacial score (nSPS) is 18.8. The van der Waals surface area contributed by atoms with Gasteiger partial charge in [0.05, 0.1) is 11.8 Å². The second kappa shape index (κ2) is 14.3. The van der Waals surface area contributed by atoms with Gasteiger partial charge in [0, 0.05) is 36.7 Å².